The van der Waals surface area contributed by atoms with Crippen molar-refractivity contribution in [2.45, 2.75) is 6.92 Å². The molecular formula is C14H13N3O5. The number of rotatable bonds is 5. The number of nitrogens with zero attached hydrogens (tertiary/aromatic N) is 1. The maximum atomic E-state index is 11.8. The molecule has 2 N–H and O–H groups in total. The number of aryl methyl sites for hydroxylation is 1. The first-order valence-corrected chi connectivity index (χ1v) is 6.33. The van der Waals surface area contributed by atoms with Gasteiger partial charge in [-0.05, 0) is 24.6 Å². The molecule has 22 heavy (non-hydrogen) atoms. The molecule has 0 aliphatic carbocycles. The second-order valence-corrected chi connectivity index (χ2v) is 4.43. The fourth-order valence-electron chi connectivity index (χ4n) is 1.81. The number of hydrogen-bond donors (Lipinski definition) is 2. The second kappa shape index (κ2) is 6.53. The summed E-state index contributed by atoms with van der Waals surface area (Å²) in [5.74, 6) is -1.34. The Morgan fingerprint density at radius 2 is 2.09 bits per heavy atom. The molecule has 0 radical (unpaired) electrons. The van der Waals surface area contributed by atoms with E-state index in [0.29, 0.717) is 5.56 Å². The molecule has 0 aliphatic heterocycles. The van der Waals surface area contributed by atoms with Crippen LogP contribution in [0.1, 0.15) is 16.1 Å². The SMILES string of the molecule is Cc1cccc([N+](=O)[O-])c1NC(=O)COC(=O)c1ccc[nH]1. The van der Waals surface area contributed by atoms with E-state index in [0.717, 1.165) is 0 Å². The van der Waals surface area contributed by atoms with Crippen LogP contribution >= 0.6 is 0 Å². The number of benzene rings is 1. The highest BCUT2D eigenvalue weighted by Crippen LogP contribution is 2.27. The highest BCUT2D eigenvalue weighted by atomic mass is 16.6. The first-order chi connectivity index (χ1) is 10.5. The number of anilines is 1. The summed E-state index contributed by atoms with van der Waals surface area (Å²) in [5.41, 5.74) is 0.630. The minimum atomic E-state index is -0.681. The number of nitro groups is 1. The topological polar surface area (TPSA) is 114 Å². The lowest BCUT2D eigenvalue weighted by Crippen LogP contribution is -2.22. The third kappa shape index (κ3) is 3.48. The summed E-state index contributed by atoms with van der Waals surface area (Å²) in [6.45, 7) is 1.09. The number of amides is 1. The van der Waals surface area contributed by atoms with Crippen LogP contribution in [-0.4, -0.2) is 28.4 Å². The van der Waals surface area contributed by atoms with Crippen molar-refractivity contribution < 1.29 is 19.2 Å². The maximum absolute atomic E-state index is 11.8. The van der Waals surface area contributed by atoms with Crippen LogP contribution in [0.3, 0.4) is 0 Å². The van der Waals surface area contributed by atoms with Crippen LogP contribution in [-0.2, 0) is 9.53 Å². The quantitative estimate of drug-likeness (QED) is 0.498. The lowest BCUT2D eigenvalue weighted by Gasteiger charge is -2.09. The van der Waals surface area contributed by atoms with Gasteiger partial charge >= 0.3 is 5.97 Å². The summed E-state index contributed by atoms with van der Waals surface area (Å²) < 4.78 is 4.81. The predicted molar refractivity (Wildman–Crippen MR) is 77.5 cm³/mol. The van der Waals surface area contributed by atoms with Gasteiger partial charge in [-0.25, -0.2) is 4.79 Å². The van der Waals surface area contributed by atoms with Gasteiger partial charge < -0.3 is 15.0 Å². The molecule has 0 saturated carbocycles. The molecule has 0 fully saturated rings. The van der Waals surface area contributed by atoms with E-state index in [-0.39, 0.29) is 17.1 Å². The van der Waals surface area contributed by atoms with Crippen molar-refractivity contribution in [1.82, 2.24) is 4.98 Å². The van der Waals surface area contributed by atoms with E-state index in [1.807, 2.05) is 0 Å². The number of ether oxygens (including phenoxy) is 1. The van der Waals surface area contributed by atoms with Crippen molar-refractivity contribution in [3.05, 3.63) is 57.9 Å². The summed E-state index contributed by atoms with van der Waals surface area (Å²) in [6.07, 6.45) is 1.55. The van der Waals surface area contributed by atoms with E-state index in [9.17, 15) is 19.7 Å². The molecule has 0 atom stereocenters. The third-order valence-electron chi connectivity index (χ3n) is 2.86. The van der Waals surface area contributed by atoms with E-state index in [2.05, 4.69) is 10.3 Å². The molecule has 2 aromatic rings. The first-order valence-electron chi connectivity index (χ1n) is 6.33. The van der Waals surface area contributed by atoms with Crippen LogP contribution in [0.25, 0.3) is 0 Å². The Morgan fingerprint density at radius 3 is 2.73 bits per heavy atom. The average Bonchev–Trinajstić information content (AvgIpc) is 3.01. The Bertz CT molecular complexity index is 709. The fraction of sp³-hybridized carbons (Fsp3) is 0.143. The van der Waals surface area contributed by atoms with Gasteiger partial charge in [0.2, 0.25) is 0 Å². The number of carbonyl (C=O) groups excluding carboxylic acids is 2. The number of para-hydroxylation sites is 1. The number of nitro benzene ring substituents is 1. The Balaban J connectivity index is 2.01. The molecule has 1 heterocycles. The number of esters is 1. The molecule has 0 aliphatic rings. The van der Waals surface area contributed by atoms with E-state index < -0.39 is 23.4 Å². The van der Waals surface area contributed by atoms with Gasteiger partial charge in [-0.1, -0.05) is 12.1 Å². The van der Waals surface area contributed by atoms with Crippen LogP contribution in [0.5, 0.6) is 0 Å². The van der Waals surface area contributed by atoms with Crippen LogP contribution < -0.4 is 5.32 Å². The van der Waals surface area contributed by atoms with Crippen LogP contribution in [0, 0.1) is 17.0 Å². The Morgan fingerprint density at radius 1 is 1.32 bits per heavy atom. The fourth-order valence-corrected chi connectivity index (χ4v) is 1.81. The number of hydrogen-bond acceptors (Lipinski definition) is 5. The average molecular weight is 303 g/mol. The summed E-state index contributed by atoms with van der Waals surface area (Å²) in [7, 11) is 0. The highest BCUT2D eigenvalue weighted by Gasteiger charge is 2.18. The molecule has 1 amide bonds. The number of H-pyrrole nitrogens is 1. The minimum Gasteiger partial charge on any atom is -0.451 e. The zero-order valence-electron chi connectivity index (χ0n) is 11.7. The van der Waals surface area contributed by atoms with Crippen molar-refractivity contribution in [3.63, 3.8) is 0 Å². The molecule has 0 bridgehead atoms. The zero-order valence-corrected chi connectivity index (χ0v) is 11.7. The lowest BCUT2D eigenvalue weighted by molar-refractivity contribution is -0.384. The van der Waals surface area contributed by atoms with Gasteiger partial charge in [0, 0.05) is 12.3 Å². The number of aromatic nitrogens is 1. The first kappa shape index (κ1) is 15.2. The molecule has 1 aromatic heterocycles. The van der Waals surface area contributed by atoms with Crippen LogP contribution in [0.15, 0.2) is 36.5 Å². The van der Waals surface area contributed by atoms with Gasteiger partial charge in [-0.15, -0.1) is 0 Å². The van der Waals surface area contributed by atoms with Crippen LogP contribution in [0.4, 0.5) is 11.4 Å². The Labute approximate surface area is 125 Å². The van der Waals surface area contributed by atoms with Gasteiger partial charge in [0.25, 0.3) is 11.6 Å². The van der Waals surface area contributed by atoms with Crippen LogP contribution in [0.2, 0.25) is 0 Å². The zero-order chi connectivity index (χ0) is 16.1. The molecule has 114 valence electrons. The summed E-state index contributed by atoms with van der Waals surface area (Å²) in [6, 6.07) is 7.56. The third-order valence-corrected chi connectivity index (χ3v) is 2.86. The largest absolute Gasteiger partial charge is 0.451 e. The molecular weight excluding hydrogens is 290 g/mol. The predicted octanol–water partition coefficient (Wildman–Crippen LogP) is 2.03. The van der Waals surface area contributed by atoms with E-state index in [1.165, 1.54) is 18.2 Å². The summed E-state index contributed by atoms with van der Waals surface area (Å²) in [5, 5.41) is 13.3. The molecule has 1 aromatic carbocycles. The Hall–Kier alpha value is -3.16. The number of aromatic amines is 1. The highest BCUT2D eigenvalue weighted by molar-refractivity contribution is 5.97. The molecule has 8 nitrogen and oxygen atoms in total. The molecule has 0 spiro atoms. The summed E-state index contributed by atoms with van der Waals surface area (Å²) >= 11 is 0. The van der Waals surface area contributed by atoms with Gasteiger partial charge in [0.05, 0.1) is 4.92 Å². The van der Waals surface area contributed by atoms with Crippen molar-refractivity contribution >= 4 is 23.3 Å². The molecule has 2 rings (SSSR count). The van der Waals surface area contributed by atoms with E-state index in [4.69, 9.17) is 4.74 Å². The molecule has 8 heteroatoms. The Kier molecular flexibility index (Phi) is 4.52. The number of carbonyl (C=O) groups is 2. The summed E-state index contributed by atoms with van der Waals surface area (Å²) in [4.78, 5) is 36.4. The lowest BCUT2D eigenvalue weighted by atomic mass is 10.1. The minimum absolute atomic E-state index is 0.0911. The van der Waals surface area contributed by atoms with Gasteiger partial charge in [-0.2, -0.15) is 0 Å². The monoisotopic (exact) mass is 303 g/mol. The van der Waals surface area contributed by atoms with Crippen molar-refractivity contribution in [1.29, 1.82) is 0 Å². The van der Waals surface area contributed by atoms with Crippen molar-refractivity contribution in [2.24, 2.45) is 0 Å². The van der Waals surface area contributed by atoms with E-state index in [1.54, 1.807) is 25.3 Å². The van der Waals surface area contributed by atoms with Gasteiger partial charge in [0.15, 0.2) is 6.61 Å². The van der Waals surface area contributed by atoms with E-state index >= 15 is 0 Å². The van der Waals surface area contributed by atoms with Gasteiger partial charge in [0.1, 0.15) is 11.4 Å². The maximum Gasteiger partial charge on any atom is 0.355 e. The standard InChI is InChI=1S/C14H13N3O5/c1-9-4-2-6-11(17(20)21)13(9)16-12(18)8-22-14(19)10-5-3-7-15-10/h2-7,15H,8H2,1H3,(H,16,18). The van der Waals surface area contributed by atoms with Crippen molar-refractivity contribution in [3.8, 4) is 0 Å². The molecule has 0 saturated heterocycles. The van der Waals surface area contributed by atoms with Crippen molar-refractivity contribution in [2.75, 3.05) is 11.9 Å². The number of nitrogens with one attached hydrogen (secondary N) is 2. The van der Waals surface area contributed by atoms with Gasteiger partial charge in [-0.3, -0.25) is 14.9 Å². The smallest absolute Gasteiger partial charge is 0.355 e. The molecule has 0 unspecified atom stereocenters. The second-order valence-electron chi connectivity index (χ2n) is 4.43. The normalized spacial score (nSPS) is 10.0.